The first-order valence-electron chi connectivity index (χ1n) is 7.79. The van der Waals surface area contributed by atoms with Crippen LogP contribution in [-0.4, -0.2) is 22.7 Å². The summed E-state index contributed by atoms with van der Waals surface area (Å²) in [6.45, 7) is 2.42. The number of halogens is 1. The van der Waals surface area contributed by atoms with Crippen LogP contribution in [0.3, 0.4) is 0 Å². The molecule has 0 bridgehead atoms. The van der Waals surface area contributed by atoms with Crippen LogP contribution in [-0.2, 0) is 0 Å². The second kappa shape index (κ2) is 7.53. The number of hydrogen-bond acceptors (Lipinski definition) is 4. The SMILES string of the molecule is CCOc1ccc(-c2ccc(NC(=O)c3cccc(F)c3)cc2)nn1. The number of hydrogen-bond donors (Lipinski definition) is 1. The summed E-state index contributed by atoms with van der Waals surface area (Å²) >= 11 is 0. The number of rotatable bonds is 5. The molecule has 1 heterocycles. The summed E-state index contributed by atoms with van der Waals surface area (Å²) in [6.07, 6.45) is 0. The molecule has 0 aliphatic rings. The lowest BCUT2D eigenvalue weighted by molar-refractivity contribution is 0.102. The predicted octanol–water partition coefficient (Wildman–Crippen LogP) is 3.93. The minimum absolute atomic E-state index is 0.265. The molecule has 126 valence electrons. The fraction of sp³-hybridized carbons (Fsp3) is 0.105. The number of ether oxygens (including phenoxy) is 1. The summed E-state index contributed by atoms with van der Waals surface area (Å²) in [5, 5.41) is 10.8. The molecule has 1 N–H and O–H groups in total. The zero-order valence-electron chi connectivity index (χ0n) is 13.6. The van der Waals surface area contributed by atoms with Crippen LogP contribution in [0.4, 0.5) is 10.1 Å². The first-order valence-corrected chi connectivity index (χ1v) is 7.79. The molecule has 0 unspecified atom stereocenters. The summed E-state index contributed by atoms with van der Waals surface area (Å²) in [5.41, 5.74) is 2.43. The van der Waals surface area contributed by atoms with Gasteiger partial charge in [0, 0.05) is 22.9 Å². The van der Waals surface area contributed by atoms with E-state index in [9.17, 15) is 9.18 Å². The van der Waals surface area contributed by atoms with Crippen LogP contribution in [0.1, 0.15) is 17.3 Å². The van der Waals surface area contributed by atoms with Crippen LogP contribution in [0.25, 0.3) is 11.3 Å². The van der Waals surface area contributed by atoms with Gasteiger partial charge in [0.1, 0.15) is 5.82 Å². The lowest BCUT2D eigenvalue weighted by Crippen LogP contribution is -2.11. The zero-order valence-corrected chi connectivity index (χ0v) is 13.6. The van der Waals surface area contributed by atoms with Crippen molar-refractivity contribution in [3.8, 4) is 17.1 Å². The monoisotopic (exact) mass is 337 g/mol. The fourth-order valence-corrected chi connectivity index (χ4v) is 2.26. The summed E-state index contributed by atoms with van der Waals surface area (Å²) in [4.78, 5) is 12.1. The summed E-state index contributed by atoms with van der Waals surface area (Å²) in [7, 11) is 0. The van der Waals surface area contributed by atoms with Crippen LogP contribution < -0.4 is 10.1 Å². The molecule has 2 aromatic carbocycles. The maximum absolute atomic E-state index is 13.2. The van der Waals surface area contributed by atoms with Crippen molar-refractivity contribution in [3.63, 3.8) is 0 Å². The van der Waals surface area contributed by atoms with Gasteiger partial charge in [-0.25, -0.2) is 4.39 Å². The molecule has 0 atom stereocenters. The number of carbonyl (C=O) groups excluding carboxylic acids is 1. The van der Waals surface area contributed by atoms with E-state index in [0.29, 0.717) is 23.9 Å². The predicted molar refractivity (Wildman–Crippen MR) is 93.0 cm³/mol. The van der Waals surface area contributed by atoms with Gasteiger partial charge < -0.3 is 10.1 Å². The van der Waals surface area contributed by atoms with Crippen molar-refractivity contribution in [2.24, 2.45) is 0 Å². The number of nitrogens with one attached hydrogen (secondary N) is 1. The van der Waals surface area contributed by atoms with Crippen LogP contribution in [0.15, 0.2) is 60.7 Å². The van der Waals surface area contributed by atoms with Crippen molar-refractivity contribution in [2.75, 3.05) is 11.9 Å². The zero-order chi connectivity index (χ0) is 17.6. The smallest absolute Gasteiger partial charge is 0.255 e. The molecule has 0 spiro atoms. The second-order valence-electron chi connectivity index (χ2n) is 5.23. The molecule has 0 saturated carbocycles. The topological polar surface area (TPSA) is 64.1 Å². The van der Waals surface area contributed by atoms with Crippen molar-refractivity contribution in [1.29, 1.82) is 0 Å². The maximum atomic E-state index is 13.2. The van der Waals surface area contributed by atoms with E-state index in [-0.39, 0.29) is 11.5 Å². The minimum atomic E-state index is -0.447. The largest absolute Gasteiger partial charge is 0.477 e. The third kappa shape index (κ3) is 4.17. The van der Waals surface area contributed by atoms with E-state index in [1.807, 2.05) is 25.1 Å². The average molecular weight is 337 g/mol. The molecule has 5 nitrogen and oxygen atoms in total. The summed E-state index contributed by atoms with van der Waals surface area (Å²) in [5.74, 6) is -0.338. The Bertz CT molecular complexity index is 865. The first-order chi connectivity index (χ1) is 12.2. The maximum Gasteiger partial charge on any atom is 0.255 e. The van der Waals surface area contributed by atoms with Gasteiger partial charge in [0.15, 0.2) is 0 Å². The lowest BCUT2D eigenvalue weighted by atomic mass is 10.1. The van der Waals surface area contributed by atoms with E-state index >= 15 is 0 Å². The summed E-state index contributed by atoms with van der Waals surface area (Å²) < 4.78 is 18.4. The Morgan fingerprint density at radius 1 is 1.08 bits per heavy atom. The van der Waals surface area contributed by atoms with Gasteiger partial charge in [0.05, 0.1) is 12.3 Å². The van der Waals surface area contributed by atoms with Gasteiger partial charge in [-0.05, 0) is 43.3 Å². The summed E-state index contributed by atoms with van der Waals surface area (Å²) in [6, 6.07) is 16.3. The molecule has 0 saturated heterocycles. The Hall–Kier alpha value is -3.28. The highest BCUT2D eigenvalue weighted by atomic mass is 19.1. The molecule has 0 fully saturated rings. The van der Waals surface area contributed by atoms with Crippen molar-refractivity contribution in [3.05, 3.63) is 72.0 Å². The van der Waals surface area contributed by atoms with Gasteiger partial charge in [-0.15, -0.1) is 10.2 Å². The van der Waals surface area contributed by atoms with Gasteiger partial charge >= 0.3 is 0 Å². The Balaban J connectivity index is 1.70. The lowest BCUT2D eigenvalue weighted by Gasteiger charge is -2.07. The number of carbonyl (C=O) groups is 1. The quantitative estimate of drug-likeness (QED) is 0.766. The highest BCUT2D eigenvalue weighted by molar-refractivity contribution is 6.04. The number of aromatic nitrogens is 2. The van der Waals surface area contributed by atoms with Crippen molar-refractivity contribution in [1.82, 2.24) is 10.2 Å². The van der Waals surface area contributed by atoms with Gasteiger partial charge in [-0.2, -0.15) is 0 Å². The molecule has 1 aromatic heterocycles. The van der Waals surface area contributed by atoms with Crippen LogP contribution in [0.2, 0.25) is 0 Å². The van der Waals surface area contributed by atoms with Crippen molar-refractivity contribution in [2.45, 2.75) is 6.92 Å². The normalized spacial score (nSPS) is 10.3. The van der Waals surface area contributed by atoms with Crippen LogP contribution in [0.5, 0.6) is 5.88 Å². The van der Waals surface area contributed by atoms with E-state index in [1.165, 1.54) is 18.2 Å². The number of anilines is 1. The van der Waals surface area contributed by atoms with E-state index < -0.39 is 5.82 Å². The molecule has 0 radical (unpaired) electrons. The van der Waals surface area contributed by atoms with Crippen LogP contribution >= 0.6 is 0 Å². The van der Waals surface area contributed by atoms with E-state index in [0.717, 1.165) is 5.56 Å². The van der Waals surface area contributed by atoms with Crippen molar-refractivity contribution < 1.29 is 13.9 Å². The highest BCUT2D eigenvalue weighted by Gasteiger charge is 2.07. The third-order valence-corrected chi connectivity index (χ3v) is 3.46. The minimum Gasteiger partial charge on any atom is -0.477 e. The van der Waals surface area contributed by atoms with Crippen LogP contribution in [0, 0.1) is 5.82 Å². The molecule has 1 amide bonds. The Morgan fingerprint density at radius 3 is 2.52 bits per heavy atom. The van der Waals surface area contributed by atoms with Gasteiger partial charge in [-0.3, -0.25) is 4.79 Å². The Morgan fingerprint density at radius 2 is 1.88 bits per heavy atom. The molecule has 0 aliphatic carbocycles. The Kier molecular flexibility index (Phi) is 4.99. The average Bonchev–Trinajstić information content (AvgIpc) is 2.63. The van der Waals surface area contributed by atoms with Gasteiger partial charge in [0.25, 0.3) is 5.91 Å². The Labute approximate surface area is 144 Å². The first kappa shape index (κ1) is 16.6. The number of amides is 1. The second-order valence-corrected chi connectivity index (χ2v) is 5.23. The molecule has 3 aromatic rings. The molecular weight excluding hydrogens is 321 g/mol. The molecule has 3 rings (SSSR count). The molecular formula is C19H16FN3O2. The van der Waals surface area contributed by atoms with Gasteiger partial charge in [-0.1, -0.05) is 18.2 Å². The number of nitrogens with zero attached hydrogens (tertiary/aromatic N) is 2. The third-order valence-electron chi connectivity index (χ3n) is 3.46. The highest BCUT2D eigenvalue weighted by Crippen LogP contribution is 2.20. The van der Waals surface area contributed by atoms with E-state index in [2.05, 4.69) is 15.5 Å². The standard InChI is InChI=1S/C19H16FN3O2/c1-2-25-18-11-10-17(22-23-18)13-6-8-16(9-7-13)21-19(24)14-4-3-5-15(20)12-14/h3-12H,2H2,1H3,(H,21,24). The molecule has 25 heavy (non-hydrogen) atoms. The number of benzene rings is 2. The fourth-order valence-electron chi connectivity index (χ4n) is 2.26. The van der Waals surface area contributed by atoms with E-state index in [1.54, 1.807) is 24.3 Å². The van der Waals surface area contributed by atoms with E-state index in [4.69, 9.17) is 4.74 Å². The molecule has 0 aliphatic heterocycles. The van der Waals surface area contributed by atoms with Gasteiger partial charge in [0.2, 0.25) is 5.88 Å². The van der Waals surface area contributed by atoms with Crippen molar-refractivity contribution >= 4 is 11.6 Å². The molecule has 6 heteroatoms.